The zero-order chi connectivity index (χ0) is 15.7. The topological polar surface area (TPSA) is 91.6 Å². The standard InChI is InChI=1S/C16H10N2O4/c19-15(20)11-4-2-8-18-9-10(5-6-13(11)18)14-12(16(21)22)3-1-7-17-14/h1-9H,(H-,19,20,21,22)/p+1. The van der Waals surface area contributed by atoms with Crippen LogP contribution in [0.1, 0.15) is 20.7 Å². The van der Waals surface area contributed by atoms with Gasteiger partial charge in [-0.25, -0.2) is 9.59 Å². The first kappa shape index (κ1) is 13.7. The van der Waals surface area contributed by atoms with Crippen molar-refractivity contribution < 1.29 is 24.2 Å². The van der Waals surface area contributed by atoms with E-state index >= 15 is 0 Å². The number of pyridine rings is 3. The molecule has 0 unspecified atom stereocenters. The molecule has 2 N–H and O–H groups in total. The second kappa shape index (κ2) is 5.25. The van der Waals surface area contributed by atoms with Crippen LogP contribution < -0.4 is 4.40 Å². The molecule has 0 atom stereocenters. The SMILES string of the molecule is O=C(O)c1cccnc1-c1ccc2c(C(=O)O)ccc[n+]2c1. The highest BCUT2D eigenvalue weighted by Gasteiger charge is 2.18. The van der Waals surface area contributed by atoms with E-state index in [1.165, 1.54) is 18.3 Å². The van der Waals surface area contributed by atoms with Crippen molar-refractivity contribution in [3.63, 3.8) is 0 Å². The fourth-order valence-electron chi connectivity index (χ4n) is 2.32. The maximum absolute atomic E-state index is 11.3. The fraction of sp³-hybridized carbons (Fsp3) is 0. The van der Waals surface area contributed by atoms with Gasteiger partial charge in [0.1, 0.15) is 5.56 Å². The quantitative estimate of drug-likeness (QED) is 0.720. The number of rotatable bonds is 3. The maximum Gasteiger partial charge on any atom is 0.342 e. The van der Waals surface area contributed by atoms with E-state index in [1.54, 1.807) is 41.1 Å². The number of carbonyl (C=O) groups is 2. The van der Waals surface area contributed by atoms with Gasteiger partial charge in [0.15, 0.2) is 12.4 Å². The highest BCUT2D eigenvalue weighted by atomic mass is 16.4. The summed E-state index contributed by atoms with van der Waals surface area (Å²) in [6.45, 7) is 0. The van der Waals surface area contributed by atoms with Gasteiger partial charge in [0, 0.05) is 18.3 Å². The van der Waals surface area contributed by atoms with E-state index in [2.05, 4.69) is 4.98 Å². The van der Waals surface area contributed by atoms with Crippen molar-refractivity contribution in [2.45, 2.75) is 0 Å². The summed E-state index contributed by atoms with van der Waals surface area (Å²) in [5, 5.41) is 18.4. The van der Waals surface area contributed by atoms with Crippen molar-refractivity contribution in [2.75, 3.05) is 0 Å². The monoisotopic (exact) mass is 295 g/mol. The van der Waals surface area contributed by atoms with E-state index in [4.69, 9.17) is 0 Å². The van der Waals surface area contributed by atoms with Gasteiger partial charge in [-0.15, -0.1) is 0 Å². The van der Waals surface area contributed by atoms with E-state index in [-0.39, 0.29) is 11.1 Å². The van der Waals surface area contributed by atoms with Crippen LogP contribution in [0, 0.1) is 0 Å². The van der Waals surface area contributed by atoms with Crippen LogP contribution in [0.5, 0.6) is 0 Å². The maximum atomic E-state index is 11.3. The van der Waals surface area contributed by atoms with Crippen LogP contribution in [0.4, 0.5) is 0 Å². The van der Waals surface area contributed by atoms with Crippen LogP contribution in [0.3, 0.4) is 0 Å². The minimum atomic E-state index is -1.06. The molecule has 0 aliphatic rings. The molecule has 0 spiro atoms. The minimum absolute atomic E-state index is 0.0943. The van der Waals surface area contributed by atoms with Crippen LogP contribution in [-0.2, 0) is 0 Å². The van der Waals surface area contributed by atoms with E-state index < -0.39 is 11.9 Å². The van der Waals surface area contributed by atoms with Gasteiger partial charge in [0.2, 0.25) is 5.52 Å². The number of hydrogen-bond acceptors (Lipinski definition) is 3. The van der Waals surface area contributed by atoms with Gasteiger partial charge >= 0.3 is 11.9 Å². The molecule has 3 rings (SSSR count). The highest BCUT2D eigenvalue weighted by molar-refractivity contribution is 5.95. The third-order valence-corrected chi connectivity index (χ3v) is 3.30. The molecule has 22 heavy (non-hydrogen) atoms. The zero-order valence-electron chi connectivity index (χ0n) is 11.3. The van der Waals surface area contributed by atoms with Gasteiger partial charge < -0.3 is 10.2 Å². The molecule has 6 heteroatoms. The zero-order valence-corrected chi connectivity index (χ0v) is 11.3. The summed E-state index contributed by atoms with van der Waals surface area (Å²) in [5.74, 6) is -2.08. The molecule has 0 saturated heterocycles. The van der Waals surface area contributed by atoms with E-state index in [0.29, 0.717) is 16.8 Å². The predicted octanol–water partition coefficient (Wildman–Crippen LogP) is 1.88. The lowest BCUT2D eigenvalue weighted by Crippen LogP contribution is -2.23. The van der Waals surface area contributed by atoms with E-state index in [9.17, 15) is 19.8 Å². The van der Waals surface area contributed by atoms with Crippen molar-refractivity contribution in [3.05, 3.63) is 66.1 Å². The number of aromatic nitrogens is 2. The van der Waals surface area contributed by atoms with Gasteiger partial charge in [-0.05, 0) is 24.3 Å². The normalized spacial score (nSPS) is 10.5. The number of nitrogens with zero attached hydrogens (tertiary/aromatic N) is 2. The molecular formula is C16H11N2O4+. The summed E-state index contributed by atoms with van der Waals surface area (Å²) in [6.07, 6.45) is 4.88. The first-order chi connectivity index (χ1) is 10.6. The molecule has 3 heterocycles. The number of fused-ring (bicyclic) bond motifs is 1. The molecule has 0 bridgehead atoms. The minimum Gasteiger partial charge on any atom is -0.478 e. The summed E-state index contributed by atoms with van der Waals surface area (Å²) >= 11 is 0. The molecule has 0 fully saturated rings. The van der Waals surface area contributed by atoms with Crippen molar-refractivity contribution in [3.8, 4) is 11.3 Å². The molecule has 3 aromatic rings. The molecule has 0 radical (unpaired) electrons. The molecule has 0 saturated carbocycles. The van der Waals surface area contributed by atoms with Crippen LogP contribution in [0.25, 0.3) is 16.8 Å². The van der Waals surface area contributed by atoms with E-state index in [1.807, 2.05) is 0 Å². The number of carboxylic acids is 2. The van der Waals surface area contributed by atoms with Gasteiger partial charge in [0.05, 0.1) is 16.8 Å². The Morgan fingerprint density at radius 2 is 1.68 bits per heavy atom. The Kier molecular flexibility index (Phi) is 3.27. The van der Waals surface area contributed by atoms with Crippen LogP contribution in [-0.4, -0.2) is 27.1 Å². The van der Waals surface area contributed by atoms with Gasteiger partial charge in [0.25, 0.3) is 0 Å². The van der Waals surface area contributed by atoms with Crippen molar-refractivity contribution in [2.24, 2.45) is 0 Å². The fourth-order valence-corrected chi connectivity index (χ4v) is 2.32. The summed E-state index contributed by atoms with van der Waals surface area (Å²) < 4.78 is 1.64. The molecule has 0 aliphatic carbocycles. The lowest BCUT2D eigenvalue weighted by Gasteiger charge is -2.04. The molecule has 0 amide bonds. The average molecular weight is 295 g/mol. The third kappa shape index (κ3) is 2.26. The second-order valence-corrected chi connectivity index (χ2v) is 4.64. The molecule has 0 aliphatic heterocycles. The summed E-state index contributed by atoms with van der Waals surface area (Å²) in [7, 11) is 0. The predicted molar refractivity (Wildman–Crippen MR) is 76.8 cm³/mol. The molecule has 0 aromatic carbocycles. The second-order valence-electron chi connectivity index (χ2n) is 4.64. The Morgan fingerprint density at radius 3 is 2.41 bits per heavy atom. The Bertz CT molecular complexity index is 906. The summed E-state index contributed by atoms with van der Waals surface area (Å²) in [6, 6.07) is 9.48. The number of hydrogen-bond donors (Lipinski definition) is 2. The van der Waals surface area contributed by atoms with Gasteiger partial charge in [-0.2, -0.15) is 4.40 Å². The first-order valence-corrected chi connectivity index (χ1v) is 6.44. The largest absolute Gasteiger partial charge is 0.478 e. The van der Waals surface area contributed by atoms with Crippen LogP contribution in [0.2, 0.25) is 0 Å². The smallest absolute Gasteiger partial charge is 0.342 e. The van der Waals surface area contributed by atoms with Crippen LogP contribution in [0.15, 0.2) is 55.0 Å². The van der Waals surface area contributed by atoms with Crippen molar-refractivity contribution in [1.82, 2.24) is 4.98 Å². The summed E-state index contributed by atoms with van der Waals surface area (Å²) in [4.78, 5) is 26.6. The Labute approximate surface area is 124 Å². The molecule has 6 nitrogen and oxygen atoms in total. The lowest BCUT2D eigenvalue weighted by molar-refractivity contribution is -0.511. The summed E-state index contributed by atoms with van der Waals surface area (Å²) in [5.41, 5.74) is 1.72. The molecule has 108 valence electrons. The molecular weight excluding hydrogens is 284 g/mol. The van der Waals surface area contributed by atoms with Crippen LogP contribution >= 0.6 is 0 Å². The Morgan fingerprint density at radius 1 is 0.955 bits per heavy atom. The Balaban J connectivity index is 2.23. The van der Waals surface area contributed by atoms with Gasteiger partial charge in [-0.3, -0.25) is 4.98 Å². The number of aromatic carboxylic acids is 2. The molecule has 3 aromatic heterocycles. The first-order valence-electron chi connectivity index (χ1n) is 6.44. The lowest BCUT2D eigenvalue weighted by atomic mass is 10.1. The highest BCUT2D eigenvalue weighted by Crippen LogP contribution is 2.21. The number of carboxylic acid groups (broad SMARTS) is 2. The van der Waals surface area contributed by atoms with Crippen molar-refractivity contribution >= 4 is 17.5 Å². The average Bonchev–Trinajstić information content (AvgIpc) is 2.53. The van der Waals surface area contributed by atoms with E-state index in [0.717, 1.165) is 0 Å². The van der Waals surface area contributed by atoms with Crippen molar-refractivity contribution in [1.29, 1.82) is 0 Å². The third-order valence-electron chi connectivity index (χ3n) is 3.30. The van der Waals surface area contributed by atoms with Gasteiger partial charge in [-0.1, -0.05) is 0 Å². The Hall–Kier alpha value is -3.28.